The molecule has 1 atom stereocenters. The number of Topliss-reactive ketones (excluding diaryl/α,β-unsaturated/α-hetero) is 1. The number of nitrogens with zero attached hydrogens (tertiary/aromatic N) is 1. The number of rotatable bonds is 7. The van der Waals surface area contributed by atoms with Gasteiger partial charge < -0.3 is 14.4 Å². The second-order valence-corrected chi connectivity index (χ2v) is 8.48. The minimum atomic E-state index is -0.451. The molecule has 0 radical (unpaired) electrons. The van der Waals surface area contributed by atoms with Gasteiger partial charge in [-0.1, -0.05) is 6.07 Å². The van der Waals surface area contributed by atoms with Crippen molar-refractivity contribution in [2.45, 2.75) is 52.1 Å². The van der Waals surface area contributed by atoms with E-state index in [4.69, 9.17) is 9.47 Å². The zero-order chi connectivity index (χ0) is 18.3. The lowest BCUT2D eigenvalue weighted by molar-refractivity contribution is 0.0155. The standard InChI is InChI=1S/C19H29NO4S/c1-19(2,3)24-18(22)20-10-4-7-15(13-20)8-5-11-23-14-16(21)17-9-6-12-25-17/h6,9,12,15H,4-5,7-8,10-11,13-14H2,1-3H3. The molecule has 1 amide bonds. The molecule has 0 aromatic carbocycles. The fourth-order valence-corrected chi connectivity index (χ4v) is 3.59. The Morgan fingerprint density at radius 3 is 2.84 bits per heavy atom. The first-order chi connectivity index (χ1) is 11.8. The van der Waals surface area contributed by atoms with Gasteiger partial charge in [-0.3, -0.25) is 4.79 Å². The molecule has 1 fully saturated rings. The van der Waals surface area contributed by atoms with E-state index in [1.807, 2.05) is 43.2 Å². The molecular weight excluding hydrogens is 338 g/mol. The molecule has 0 aliphatic carbocycles. The number of piperidine rings is 1. The van der Waals surface area contributed by atoms with Gasteiger partial charge in [0.1, 0.15) is 12.2 Å². The highest BCUT2D eigenvalue weighted by Crippen LogP contribution is 2.22. The van der Waals surface area contributed by atoms with Crippen LogP contribution in [0.25, 0.3) is 0 Å². The highest BCUT2D eigenvalue weighted by atomic mass is 32.1. The number of ether oxygens (including phenoxy) is 2. The fourth-order valence-electron chi connectivity index (χ4n) is 2.94. The number of hydrogen-bond acceptors (Lipinski definition) is 5. The molecule has 0 spiro atoms. The molecular formula is C19H29NO4S. The van der Waals surface area contributed by atoms with Gasteiger partial charge in [-0.15, -0.1) is 11.3 Å². The molecule has 140 valence electrons. The number of ketones is 1. The lowest BCUT2D eigenvalue weighted by atomic mass is 9.94. The molecule has 25 heavy (non-hydrogen) atoms. The lowest BCUT2D eigenvalue weighted by Gasteiger charge is -2.34. The minimum Gasteiger partial charge on any atom is -0.444 e. The molecule has 0 bridgehead atoms. The number of carbonyl (C=O) groups excluding carboxylic acids is 2. The van der Waals surface area contributed by atoms with Crippen LogP contribution in [-0.2, 0) is 9.47 Å². The van der Waals surface area contributed by atoms with E-state index < -0.39 is 5.60 Å². The Bertz CT molecular complexity index is 550. The van der Waals surface area contributed by atoms with Crippen molar-refractivity contribution in [1.82, 2.24) is 4.90 Å². The van der Waals surface area contributed by atoms with Crippen LogP contribution in [0.15, 0.2) is 17.5 Å². The summed E-state index contributed by atoms with van der Waals surface area (Å²) in [5.74, 6) is 0.529. The Morgan fingerprint density at radius 1 is 1.36 bits per heavy atom. The van der Waals surface area contributed by atoms with E-state index in [-0.39, 0.29) is 18.5 Å². The topological polar surface area (TPSA) is 55.8 Å². The summed E-state index contributed by atoms with van der Waals surface area (Å²) in [6, 6.07) is 3.70. The highest BCUT2D eigenvalue weighted by Gasteiger charge is 2.27. The maximum atomic E-state index is 12.2. The third-order valence-electron chi connectivity index (χ3n) is 4.10. The smallest absolute Gasteiger partial charge is 0.410 e. The van der Waals surface area contributed by atoms with Crippen molar-refractivity contribution in [3.8, 4) is 0 Å². The quantitative estimate of drug-likeness (QED) is 0.530. The van der Waals surface area contributed by atoms with Crippen LogP contribution in [0.4, 0.5) is 4.79 Å². The largest absolute Gasteiger partial charge is 0.444 e. The Labute approximate surface area is 154 Å². The summed E-state index contributed by atoms with van der Waals surface area (Å²) in [5, 5.41) is 1.90. The van der Waals surface area contributed by atoms with E-state index in [0.29, 0.717) is 12.5 Å². The van der Waals surface area contributed by atoms with Crippen LogP contribution in [0, 0.1) is 5.92 Å². The average Bonchev–Trinajstić information content (AvgIpc) is 3.07. The van der Waals surface area contributed by atoms with E-state index in [1.54, 1.807) is 0 Å². The Balaban J connectivity index is 1.62. The Morgan fingerprint density at radius 2 is 2.16 bits per heavy atom. The molecule has 1 aliphatic rings. The number of hydrogen-bond donors (Lipinski definition) is 0. The van der Waals surface area contributed by atoms with Gasteiger partial charge in [-0.2, -0.15) is 0 Å². The summed E-state index contributed by atoms with van der Waals surface area (Å²) in [5.41, 5.74) is -0.451. The van der Waals surface area contributed by atoms with Crippen molar-refractivity contribution in [1.29, 1.82) is 0 Å². The normalized spacial score (nSPS) is 18.2. The minimum absolute atomic E-state index is 0.0452. The first-order valence-corrected chi connectivity index (χ1v) is 9.85. The van der Waals surface area contributed by atoms with Crippen LogP contribution >= 0.6 is 11.3 Å². The Hall–Kier alpha value is -1.40. The van der Waals surface area contributed by atoms with E-state index >= 15 is 0 Å². The van der Waals surface area contributed by atoms with Crippen molar-refractivity contribution in [3.63, 3.8) is 0 Å². The van der Waals surface area contributed by atoms with Gasteiger partial charge in [0.05, 0.1) is 4.88 Å². The molecule has 0 saturated carbocycles. The fraction of sp³-hybridized carbons (Fsp3) is 0.684. The van der Waals surface area contributed by atoms with E-state index in [0.717, 1.165) is 43.6 Å². The molecule has 1 unspecified atom stereocenters. The third kappa shape index (κ3) is 7.16. The maximum absolute atomic E-state index is 12.2. The molecule has 1 aromatic heterocycles. The first kappa shape index (κ1) is 19.9. The summed E-state index contributed by atoms with van der Waals surface area (Å²) in [4.78, 5) is 26.6. The van der Waals surface area contributed by atoms with Gasteiger partial charge in [-0.05, 0) is 63.8 Å². The molecule has 1 aromatic rings. The van der Waals surface area contributed by atoms with Crippen LogP contribution in [0.3, 0.4) is 0 Å². The van der Waals surface area contributed by atoms with Gasteiger partial charge in [0, 0.05) is 19.7 Å². The number of carbonyl (C=O) groups is 2. The molecule has 2 heterocycles. The summed E-state index contributed by atoms with van der Waals surface area (Å²) in [6.07, 6.45) is 3.85. The first-order valence-electron chi connectivity index (χ1n) is 8.97. The van der Waals surface area contributed by atoms with Crippen LogP contribution in [0.1, 0.15) is 56.1 Å². The highest BCUT2D eigenvalue weighted by molar-refractivity contribution is 7.12. The van der Waals surface area contributed by atoms with Gasteiger partial charge in [0.25, 0.3) is 0 Å². The summed E-state index contributed by atoms with van der Waals surface area (Å²) in [7, 11) is 0. The van der Waals surface area contributed by atoms with Crippen LogP contribution < -0.4 is 0 Å². The predicted octanol–water partition coefficient (Wildman–Crippen LogP) is 4.37. The molecule has 1 saturated heterocycles. The van der Waals surface area contributed by atoms with Crippen LogP contribution in [0.5, 0.6) is 0 Å². The van der Waals surface area contributed by atoms with E-state index in [1.165, 1.54) is 11.3 Å². The summed E-state index contributed by atoms with van der Waals surface area (Å²) in [6.45, 7) is 7.93. The average molecular weight is 368 g/mol. The SMILES string of the molecule is CC(C)(C)OC(=O)N1CCCC(CCCOCC(=O)c2cccs2)C1. The van der Waals surface area contributed by atoms with E-state index in [2.05, 4.69) is 0 Å². The van der Waals surface area contributed by atoms with Crippen molar-refractivity contribution in [3.05, 3.63) is 22.4 Å². The van der Waals surface area contributed by atoms with Crippen molar-refractivity contribution in [2.75, 3.05) is 26.3 Å². The van der Waals surface area contributed by atoms with Gasteiger partial charge in [0.15, 0.2) is 5.78 Å². The zero-order valence-corrected chi connectivity index (χ0v) is 16.3. The van der Waals surface area contributed by atoms with Crippen molar-refractivity contribution < 1.29 is 19.1 Å². The van der Waals surface area contributed by atoms with Crippen molar-refractivity contribution >= 4 is 23.2 Å². The molecule has 6 heteroatoms. The second kappa shape index (κ2) is 9.34. The number of likely N-dealkylation sites (tertiary alicyclic amines) is 1. The third-order valence-corrected chi connectivity index (χ3v) is 5.01. The zero-order valence-electron chi connectivity index (χ0n) is 15.5. The lowest BCUT2D eigenvalue weighted by Crippen LogP contribution is -2.42. The monoisotopic (exact) mass is 367 g/mol. The summed E-state index contributed by atoms with van der Waals surface area (Å²) >= 11 is 1.45. The van der Waals surface area contributed by atoms with Crippen LogP contribution in [-0.4, -0.2) is 48.7 Å². The Kier molecular flexibility index (Phi) is 7.44. The number of amides is 1. The van der Waals surface area contributed by atoms with Crippen molar-refractivity contribution in [2.24, 2.45) is 5.92 Å². The molecule has 0 N–H and O–H groups in total. The predicted molar refractivity (Wildman–Crippen MR) is 99.2 cm³/mol. The van der Waals surface area contributed by atoms with Gasteiger partial charge >= 0.3 is 6.09 Å². The maximum Gasteiger partial charge on any atom is 0.410 e. The second-order valence-electron chi connectivity index (χ2n) is 7.53. The molecule has 1 aliphatic heterocycles. The van der Waals surface area contributed by atoms with Gasteiger partial charge in [-0.25, -0.2) is 4.79 Å². The molecule has 2 rings (SSSR count). The van der Waals surface area contributed by atoms with Crippen LogP contribution in [0.2, 0.25) is 0 Å². The summed E-state index contributed by atoms with van der Waals surface area (Å²) < 4.78 is 11.0. The van der Waals surface area contributed by atoms with Gasteiger partial charge in [0.2, 0.25) is 0 Å². The number of thiophene rings is 1. The molecule has 5 nitrogen and oxygen atoms in total. The van der Waals surface area contributed by atoms with E-state index in [9.17, 15) is 9.59 Å².